The highest BCUT2D eigenvalue weighted by atomic mass is 19.4. The Morgan fingerprint density at radius 3 is 1.22 bits per heavy atom. The fourth-order valence-electron chi connectivity index (χ4n) is 0.837. The fraction of sp³-hybridized carbons (Fsp3) is 1.00. The van der Waals surface area contributed by atoms with Gasteiger partial charge in [-0.25, -0.2) is 8.78 Å². The molecule has 0 aliphatic rings. The molecule has 0 aromatic carbocycles. The predicted octanol–water partition coefficient (Wildman–Crippen LogP) is 4.36. The Kier molecular flexibility index (Phi) is 4.22. The maximum Gasteiger partial charge on any atom is 0.397 e. The second-order valence-corrected chi connectivity index (χ2v) is 3.38. The molecule has 0 saturated carbocycles. The first-order valence-corrected chi connectivity index (χ1v) is 4.08. The lowest BCUT2D eigenvalue weighted by molar-refractivity contribution is -0.372. The van der Waals surface area contributed by atoms with Crippen molar-refractivity contribution in [2.75, 3.05) is 0 Å². The van der Waals surface area contributed by atoms with Crippen molar-refractivity contribution in [3.8, 4) is 0 Å². The van der Waals surface area contributed by atoms with Crippen molar-refractivity contribution in [3.05, 3.63) is 0 Å². The molecule has 0 aromatic rings. The molecular formula is C7H5F11. The third kappa shape index (κ3) is 2.48. The summed E-state index contributed by atoms with van der Waals surface area (Å²) < 4.78 is 133. The van der Waals surface area contributed by atoms with Crippen LogP contribution in [0.1, 0.15) is 6.92 Å². The van der Waals surface area contributed by atoms with E-state index in [1.165, 1.54) is 0 Å². The monoisotopic (exact) mass is 298 g/mol. The van der Waals surface area contributed by atoms with Crippen LogP contribution in [0, 0.1) is 5.92 Å². The van der Waals surface area contributed by atoms with E-state index in [0.29, 0.717) is 0 Å². The molecule has 110 valence electrons. The van der Waals surface area contributed by atoms with Gasteiger partial charge >= 0.3 is 30.4 Å². The van der Waals surface area contributed by atoms with Gasteiger partial charge < -0.3 is 0 Å². The zero-order valence-corrected chi connectivity index (χ0v) is 8.31. The Bertz CT molecular complexity index is 288. The minimum absolute atomic E-state index is 0.505. The first-order valence-electron chi connectivity index (χ1n) is 4.08. The van der Waals surface area contributed by atoms with Crippen molar-refractivity contribution < 1.29 is 48.3 Å². The molecule has 18 heavy (non-hydrogen) atoms. The highest BCUT2D eigenvalue weighted by Gasteiger charge is 2.79. The lowest BCUT2D eigenvalue weighted by Crippen LogP contribution is -2.61. The van der Waals surface area contributed by atoms with Gasteiger partial charge in [0.1, 0.15) is 5.92 Å². The van der Waals surface area contributed by atoms with E-state index in [2.05, 4.69) is 0 Å². The van der Waals surface area contributed by atoms with Crippen LogP contribution in [0.5, 0.6) is 0 Å². The Hall–Kier alpha value is -0.770. The summed E-state index contributed by atoms with van der Waals surface area (Å²) >= 11 is 0. The first kappa shape index (κ1) is 17.2. The minimum atomic E-state index is -6.84. The zero-order valence-electron chi connectivity index (χ0n) is 8.31. The van der Waals surface area contributed by atoms with Gasteiger partial charge in [-0.15, -0.1) is 0 Å². The van der Waals surface area contributed by atoms with Gasteiger partial charge in [0, 0.05) is 0 Å². The standard InChI is InChI=1S/C7H5F11/c1-2(6(14,15)16)4(10,11)7(17,18)5(12,13)3(8)9/h2-3H,1H3. The summed E-state index contributed by atoms with van der Waals surface area (Å²) in [6, 6.07) is 0. The second-order valence-electron chi connectivity index (χ2n) is 3.38. The van der Waals surface area contributed by atoms with Gasteiger partial charge in [0.25, 0.3) is 0 Å². The van der Waals surface area contributed by atoms with Crippen LogP contribution in [-0.2, 0) is 0 Å². The third-order valence-corrected chi connectivity index (χ3v) is 2.15. The van der Waals surface area contributed by atoms with Crippen LogP contribution in [0.3, 0.4) is 0 Å². The Morgan fingerprint density at radius 1 is 0.667 bits per heavy atom. The maximum atomic E-state index is 12.7. The molecule has 0 saturated heterocycles. The largest absolute Gasteiger partial charge is 0.397 e. The molecule has 0 aliphatic heterocycles. The average Bonchev–Trinajstić information content (AvgIpc) is 2.14. The lowest BCUT2D eigenvalue weighted by atomic mass is 9.93. The van der Waals surface area contributed by atoms with Gasteiger partial charge in [0.05, 0.1) is 0 Å². The fourth-order valence-corrected chi connectivity index (χ4v) is 0.837. The average molecular weight is 298 g/mol. The quantitative estimate of drug-likeness (QED) is 0.677. The molecule has 1 atom stereocenters. The molecule has 1 unspecified atom stereocenters. The van der Waals surface area contributed by atoms with Crippen molar-refractivity contribution in [2.24, 2.45) is 5.92 Å². The van der Waals surface area contributed by atoms with Crippen LogP contribution in [-0.4, -0.2) is 30.4 Å². The number of rotatable bonds is 4. The van der Waals surface area contributed by atoms with Crippen molar-refractivity contribution in [1.82, 2.24) is 0 Å². The van der Waals surface area contributed by atoms with E-state index < -0.39 is 43.2 Å². The molecule has 0 N–H and O–H groups in total. The summed E-state index contributed by atoms with van der Waals surface area (Å²) in [5, 5.41) is 0. The zero-order chi connectivity index (χ0) is 15.2. The van der Waals surface area contributed by atoms with E-state index in [1.54, 1.807) is 0 Å². The Balaban J connectivity index is 5.60. The van der Waals surface area contributed by atoms with Gasteiger partial charge in [-0.3, -0.25) is 0 Å². The number of halogens is 11. The van der Waals surface area contributed by atoms with Gasteiger partial charge in [-0.05, 0) is 6.92 Å². The normalized spacial score (nSPS) is 17.2. The number of hydrogen-bond acceptors (Lipinski definition) is 0. The molecule has 0 amide bonds. The van der Waals surface area contributed by atoms with Crippen LogP contribution >= 0.6 is 0 Å². The predicted molar refractivity (Wildman–Crippen MR) is 36.1 cm³/mol. The number of hydrogen-bond donors (Lipinski definition) is 0. The van der Waals surface area contributed by atoms with Crippen molar-refractivity contribution in [1.29, 1.82) is 0 Å². The highest BCUT2D eigenvalue weighted by Crippen LogP contribution is 2.54. The maximum absolute atomic E-state index is 12.7. The smallest absolute Gasteiger partial charge is 0.203 e. The summed E-state index contributed by atoms with van der Waals surface area (Å²) in [6.45, 7) is -0.505. The van der Waals surface area contributed by atoms with Crippen LogP contribution in [0.15, 0.2) is 0 Å². The molecule has 11 heteroatoms. The second kappa shape index (κ2) is 4.41. The van der Waals surface area contributed by atoms with Gasteiger partial charge in [-0.1, -0.05) is 0 Å². The van der Waals surface area contributed by atoms with E-state index >= 15 is 0 Å². The van der Waals surface area contributed by atoms with Crippen molar-refractivity contribution in [3.63, 3.8) is 0 Å². The van der Waals surface area contributed by atoms with Gasteiger partial charge in [0.15, 0.2) is 0 Å². The van der Waals surface area contributed by atoms with E-state index in [9.17, 15) is 48.3 Å². The van der Waals surface area contributed by atoms with E-state index in [1.807, 2.05) is 0 Å². The molecule has 0 aliphatic carbocycles. The molecule has 0 rings (SSSR count). The van der Waals surface area contributed by atoms with Crippen LogP contribution in [0.25, 0.3) is 0 Å². The van der Waals surface area contributed by atoms with E-state index in [-0.39, 0.29) is 0 Å². The summed E-state index contributed by atoms with van der Waals surface area (Å²) in [5.41, 5.74) is 0. The SMILES string of the molecule is CC(C(F)(F)F)C(F)(F)C(F)(F)C(F)(F)C(F)F. The van der Waals surface area contributed by atoms with Crippen LogP contribution in [0.2, 0.25) is 0 Å². The van der Waals surface area contributed by atoms with Gasteiger partial charge in [0.2, 0.25) is 0 Å². The topological polar surface area (TPSA) is 0 Å². The molecule has 0 fully saturated rings. The molecule has 0 aromatic heterocycles. The lowest BCUT2D eigenvalue weighted by Gasteiger charge is -2.36. The molecule has 0 spiro atoms. The molecule has 0 radical (unpaired) electrons. The van der Waals surface area contributed by atoms with Crippen molar-refractivity contribution in [2.45, 2.75) is 37.3 Å². The summed E-state index contributed by atoms with van der Waals surface area (Å²) in [5.74, 6) is -24.0. The van der Waals surface area contributed by atoms with Crippen molar-refractivity contribution >= 4 is 0 Å². The van der Waals surface area contributed by atoms with E-state index in [0.717, 1.165) is 0 Å². The molecular weight excluding hydrogens is 293 g/mol. The summed E-state index contributed by atoms with van der Waals surface area (Å²) in [4.78, 5) is 0. The van der Waals surface area contributed by atoms with E-state index in [4.69, 9.17) is 0 Å². The first-order chi connectivity index (χ1) is 7.60. The molecule has 0 heterocycles. The highest BCUT2D eigenvalue weighted by molar-refractivity contribution is 5.01. The Labute approximate surface area is 92.7 Å². The molecule has 0 nitrogen and oxygen atoms in total. The summed E-state index contributed by atoms with van der Waals surface area (Å²) in [6.07, 6.45) is -11.2. The van der Waals surface area contributed by atoms with Crippen LogP contribution < -0.4 is 0 Å². The van der Waals surface area contributed by atoms with Crippen LogP contribution in [0.4, 0.5) is 48.3 Å². The molecule has 0 bridgehead atoms. The third-order valence-electron chi connectivity index (χ3n) is 2.15. The number of alkyl halides is 11. The van der Waals surface area contributed by atoms with Gasteiger partial charge in [-0.2, -0.15) is 39.5 Å². The Morgan fingerprint density at radius 2 is 1.00 bits per heavy atom. The minimum Gasteiger partial charge on any atom is -0.203 e. The summed E-state index contributed by atoms with van der Waals surface area (Å²) in [7, 11) is 0.